The largest absolute Gasteiger partial charge is 0.486 e. The van der Waals surface area contributed by atoms with Crippen molar-refractivity contribution in [3.05, 3.63) is 52.6 Å². The lowest BCUT2D eigenvalue weighted by Gasteiger charge is -2.38. The van der Waals surface area contributed by atoms with Crippen molar-refractivity contribution < 1.29 is 24.0 Å². The van der Waals surface area contributed by atoms with E-state index in [1.165, 1.54) is 12.1 Å². The van der Waals surface area contributed by atoms with Gasteiger partial charge in [-0.3, -0.25) is 25.1 Å². The number of nitrogens with zero attached hydrogens (tertiary/aromatic N) is 3. The van der Waals surface area contributed by atoms with Crippen molar-refractivity contribution in [3.63, 3.8) is 0 Å². The van der Waals surface area contributed by atoms with Gasteiger partial charge >= 0.3 is 6.03 Å². The molecule has 1 atom stereocenters. The van der Waals surface area contributed by atoms with Gasteiger partial charge in [0.15, 0.2) is 11.5 Å². The first kappa shape index (κ1) is 22.3. The molecule has 0 spiro atoms. The van der Waals surface area contributed by atoms with Crippen LogP contribution in [0.15, 0.2) is 42.5 Å². The molecule has 0 saturated carbocycles. The van der Waals surface area contributed by atoms with E-state index < -0.39 is 22.9 Å². The van der Waals surface area contributed by atoms with E-state index in [0.29, 0.717) is 56.6 Å². The number of benzene rings is 2. The van der Waals surface area contributed by atoms with Crippen molar-refractivity contribution >= 4 is 29.0 Å². The van der Waals surface area contributed by atoms with Crippen molar-refractivity contribution in [1.29, 1.82) is 0 Å². The monoisotopic (exact) mass is 455 g/mol. The molecule has 11 nitrogen and oxygen atoms in total. The van der Waals surface area contributed by atoms with Crippen LogP contribution in [0.3, 0.4) is 0 Å². The fraction of sp³-hybridized carbons (Fsp3) is 0.364. The van der Waals surface area contributed by atoms with Crippen molar-refractivity contribution in [2.45, 2.75) is 13.0 Å². The smallest absolute Gasteiger partial charge is 0.325 e. The average molecular weight is 455 g/mol. The highest BCUT2D eigenvalue weighted by molar-refractivity contribution is 6.02. The van der Waals surface area contributed by atoms with Gasteiger partial charge in [0.1, 0.15) is 13.2 Å². The molecule has 174 valence electrons. The van der Waals surface area contributed by atoms with Crippen molar-refractivity contribution in [2.75, 3.05) is 49.6 Å². The van der Waals surface area contributed by atoms with Crippen LogP contribution in [0.4, 0.5) is 21.9 Å². The van der Waals surface area contributed by atoms with Gasteiger partial charge in [-0.25, -0.2) is 4.79 Å². The Morgan fingerprint density at radius 3 is 2.33 bits per heavy atom. The topological polar surface area (TPSA) is 126 Å². The number of rotatable bonds is 5. The summed E-state index contributed by atoms with van der Waals surface area (Å²) in [5.41, 5.74) is 1.45. The number of fused-ring (bicyclic) bond motifs is 1. The standard InChI is InChI=1S/C22H25N5O6/c1-15(25-8-10-26(11-9-25)17-3-5-18(6-4-17)27(30)31)21(28)24-22(29)23-16-2-7-19-20(14-16)33-13-12-32-19/h2-7,14-15H,8-13H2,1H3,(H2,23,24,28,29)/t15-/m0/s1. The highest BCUT2D eigenvalue weighted by Gasteiger charge is 2.27. The third-order valence-electron chi connectivity index (χ3n) is 5.70. The summed E-state index contributed by atoms with van der Waals surface area (Å²) in [5.74, 6) is 0.767. The van der Waals surface area contributed by atoms with Gasteiger partial charge in [-0.05, 0) is 31.2 Å². The summed E-state index contributed by atoms with van der Waals surface area (Å²) in [6, 6.07) is 10.4. The molecular weight excluding hydrogens is 430 g/mol. The van der Waals surface area contributed by atoms with E-state index in [0.717, 1.165) is 5.69 Å². The Labute approximate surface area is 190 Å². The molecule has 11 heteroatoms. The molecule has 2 aliphatic rings. The summed E-state index contributed by atoms with van der Waals surface area (Å²) in [6.07, 6.45) is 0. The number of amides is 3. The van der Waals surface area contributed by atoms with E-state index in [2.05, 4.69) is 15.5 Å². The lowest BCUT2D eigenvalue weighted by molar-refractivity contribution is -0.384. The second-order valence-electron chi connectivity index (χ2n) is 7.77. The Morgan fingerprint density at radius 2 is 1.67 bits per heavy atom. The minimum atomic E-state index is -0.618. The summed E-state index contributed by atoms with van der Waals surface area (Å²) in [5, 5.41) is 15.8. The van der Waals surface area contributed by atoms with Crippen LogP contribution < -0.4 is 25.0 Å². The molecule has 4 rings (SSSR count). The first-order valence-electron chi connectivity index (χ1n) is 10.7. The number of carbonyl (C=O) groups is 2. The zero-order chi connectivity index (χ0) is 23.4. The summed E-state index contributed by atoms with van der Waals surface area (Å²) < 4.78 is 11.0. The molecule has 2 N–H and O–H groups in total. The SMILES string of the molecule is C[C@@H](C(=O)NC(=O)Nc1ccc2c(c1)OCCO2)N1CCN(c2ccc([N+](=O)[O-])cc2)CC1. The number of piperazine rings is 1. The quantitative estimate of drug-likeness (QED) is 0.519. The van der Waals surface area contributed by atoms with Crippen LogP contribution in [-0.4, -0.2) is 67.2 Å². The molecule has 0 radical (unpaired) electrons. The number of nitro groups is 1. The number of ether oxygens (including phenoxy) is 2. The Morgan fingerprint density at radius 1 is 1.00 bits per heavy atom. The number of carbonyl (C=O) groups excluding carboxylic acids is 2. The van der Waals surface area contributed by atoms with Gasteiger partial charge in [-0.2, -0.15) is 0 Å². The second kappa shape index (κ2) is 9.74. The van der Waals surface area contributed by atoms with Gasteiger partial charge in [0.25, 0.3) is 5.69 Å². The maximum absolute atomic E-state index is 12.6. The van der Waals surface area contributed by atoms with E-state index in [4.69, 9.17) is 9.47 Å². The molecule has 0 aromatic heterocycles. The predicted octanol–water partition coefficient (Wildman–Crippen LogP) is 2.22. The van der Waals surface area contributed by atoms with Crippen LogP contribution in [0.1, 0.15) is 6.92 Å². The van der Waals surface area contributed by atoms with Crippen LogP contribution in [0.5, 0.6) is 11.5 Å². The van der Waals surface area contributed by atoms with E-state index in [1.807, 2.05) is 4.90 Å². The summed E-state index contributed by atoms with van der Waals surface area (Å²) in [7, 11) is 0. The van der Waals surface area contributed by atoms with Gasteiger partial charge in [-0.1, -0.05) is 0 Å². The molecular formula is C22H25N5O6. The Balaban J connectivity index is 1.26. The maximum Gasteiger partial charge on any atom is 0.325 e. The van der Waals surface area contributed by atoms with Crippen molar-refractivity contribution in [1.82, 2.24) is 10.2 Å². The molecule has 0 unspecified atom stereocenters. The molecule has 2 heterocycles. The molecule has 2 aromatic carbocycles. The average Bonchev–Trinajstić information content (AvgIpc) is 2.83. The molecule has 2 aromatic rings. The minimum absolute atomic E-state index is 0.0530. The van der Waals surface area contributed by atoms with Crippen molar-refractivity contribution in [3.8, 4) is 11.5 Å². The Bertz CT molecular complexity index is 1040. The lowest BCUT2D eigenvalue weighted by atomic mass is 10.2. The molecule has 0 bridgehead atoms. The van der Waals surface area contributed by atoms with Gasteiger partial charge in [0.05, 0.1) is 11.0 Å². The lowest BCUT2D eigenvalue weighted by Crippen LogP contribution is -2.55. The van der Waals surface area contributed by atoms with Crippen molar-refractivity contribution in [2.24, 2.45) is 0 Å². The van der Waals surface area contributed by atoms with Crippen LogP contribution in [-0.2, 0) is 4.79 Å². The van der Waals surface area contributed by atoms with E-state index in [9.17, 15) is 19.7 Å². The highest BCUT2D eigenvalue weighted by atomic mass is 16.6. The molecule has 3 amide bonds. The molecule has 0 aliphatic carbocycles. The number of non-ortho nitro benzene ring substituents is 1. The van der Waals surface area contributed by atoms with Gasteiger partial charge < -0.3 is 19.7 Å². The van der Waals surface area contributed by atoms with E-state index in [1.54, 1.807) is 37.3 Å². The van der Waals surface area contributed by atoms with E-state index >= 15 is 0 Å². The number of urea groups is 1. The third-order valence-corrected chi connectivity index (χ3v) is 5.70. The van der Waals surface area contributed by atoms with Gasteiger partial charge in [0, 0.05) is 55.8 Å². The fourth-order valence-electron chi connectivity index (χ4n) is 3.82. The third kappa shape index (κ3) is 5.32. The fourth-order valence-corrected chi connectivity index (χ4v) is 3.82. The number of hydrogen-bond acceptors (Lipinski definition) is 8. The van der Waals surface area contributed by atoms with Gasteiger partial charge in [0.2, 0.25) is 5.91 Å². The maximum atomic E-state index is 12.6. The number of nitro benzene ring substituents is 1. The molecule has 1 saturated heterocycles. The van der Waals surface area contributed by atoms with Gasteiger partial charge in [-0.15, -0.1) is 0 Å². The summed E-state index contributed by atoms with van der Waals surface area (Å²) >= 11 is 0. The number of anilines is 2. The van der Waals surface area contributed by atoms with E-state index in [-0.39, 0.29) is 5.69 Å². The van der Waals surface area contributed by atoms with Crippen LogP contribution >= 0.6 is 0 Å². The first-order valence-corrected chi connectivity index (χ1v) is 10.7. The molecule has 2 aliphatic heterocycles. The Kier molecular flexibility index (Phi) is 6.59. The summed E-state index contributed by atoms with van der Waals surface area (Å²) in [4.78, 5) is 39.4. The second-order valence-corrected chi connectivity index (χ2v) is 7.77. The Hall–Kier alpha value is -3.86. The van der Waals surface area contributed by atoms with Crippen LogP contribution in [0, 0.1) is 10.1 Å². The zero-order valence-electron chi connectivity index (χ0n) is 18.2. The predicted molar refractivity (Wildman–Crippen MR) is 121 cm³/mol. The summed E-state index contributed by atoms with van der Waals surface area (Å²) in [6.45, 7) is 5.25. The molecule has 1 fully saturated rings. The van der Waals surface area contributed by atoms with Crippen LogP contribution in [0.2, 0.25) is 0 Å². The normalized spacial score (nSPS) is 16.6. The number of nitrogens with one attached hydrogen (secondary N) is 2. The highest BCUT2D eigenvalue weighted by Crippen LogP contribution is 2.32. The minimum Gasteiger partial charge on any atom is -0.486 e. The first-order chi connectivity index (χ1) is 15.9. The zero-order valence-corrected chi connectivity index (χ0v) is 18.2. The number of imide groups is 1. The number of hydrogen-bond donors (Lipinski definition) is 2. The molecule has 33 heavy (non-hydrogen) atoms. The van der Waals surface area contributed by atoms with Crippen LogP contribution in [0.25, 0.3) is 0 Å².